The maximum absolute atomic E-state index is 5.85. The Labute approximate surface area is 96.0 Å². The summed E-state index contributed by atoms with van der Waals surface area (Å²) >= 11 is 5.85. The maximum atomic E-state index is 5.85. The normalized spacial score (nSPS) is 10.0. The number of benzene rings is 1. The van der Waals surface area contributed by atoms with Gasteiger partial charge in [-0.05, 0) is 30.7 Å². The zero-order chi connectivity index (χ0) is 9.84. The number of anilines is 1. The molecule has 14 heavy (non-hydrogen) atoms. The molecule has 0 aromatic heterocycles. The number of rotatable bonds is 2. The first-order valence-corrected chi connectivity index (χ1v) is 4.44. The monoisotopic (exact) mass is 232 g/mol. The number of hydrogen-bond acceptors (Lipinski definition) is 1. The molecule has 0 N–H and O–H groups in total. The third-order valence-corrected chi connectivity index (χ3v) is 2.06. The van der Waals surface area contributed by atoms with Gasteiger partial charge in [-0.3, -0.25) is 4.99 Å². The average Bonchev–Trinajstić information content (AvgIpc) is 2.04. The molecule has 0 saturated carbocycles. The first kappa shape index (κ1) is 13.3. The average molecular weight is 233 g/mol. The second-order valence-corrected chi connectivity index (χ2v) is 3.35. The van der Waals surface area contributed by atoms with E-state index in [0.29, 0.717) is 0 Å². The summed E-state index contributed by atoms with van der Waals surface area (Å²) in [7, 11) is 3.71. The Morgan fingerprint density at radius 1 is 1.43 bits per heavy atom. The minimum Gasteiger partial charge on any atom is -0.336 e. The lowest BCUT2D eigenvalue weighted by Crippen LogP contribution is -2.15. The van der Waals surface area contributed by atoms with E-state index in [0.717, 1.165) is 16.3 Å². The van der Waals surface area contributed by atoms with Crippen LogP contribution in [0.1, 0.15) is 5.56 Å². The van der Waals surface area contributed by atoms with Crippen molar-refractivity contribution < 1.29 is 0 Å². The topological polar surface area (TPSA) is 15.6 Å². The van der Waals surface area contributed by atoms with Crippen molar-refractivity contribution in [1.29, 1.82) is 0 Å². The van der Waals surface area contributed by atoms with Crippen molar-refractivity contribution in [2.45, 2.75) is 6.92 Å². The van der Waals surface area contributed by atoms with E-state index in [1.807, 2.05) is 37.1 Å². The van der Waals surface area contributed by atoms with Crippen LogP contribution in [0.15, 0.2) is 23.2 Å². The summed E-state index contributed by atoms with van der Waals surface area (Å²) in [6, 6.07) is 5.81. The summed E-state index contributed by atoms with van der Waals surface area (Å²) < 4.78 is 0. The van der Waals surface area contributed by atoms with E-state index in [1.165, 1.54) is 0 Å². The smallest absolute Gasteiger partial charge is 0.0888 e. The standard InChI is InChI=1S/C10H13ClN2.ClH/c1-8-6-9(11)4-5-10(8)13(3)7-12-2;/h4-7H,1-3H3;1H. The van der Waals surface area contributed by atoms with E-state index in [9.17, 15) is 0 Å². The molecular formula is C10H14Cl2N2. The van der Waals surface area contributed by atoms with Gasteiger partial charge in [0.2, 0.25) is 0 Å². The van der Waals surface area contributed by atoms with Crippen LogP contribution in [0.25, 0.3) is 0 Å². The zero-order valence-electron chi connectivity index (χ0n) is 8.49. The van der Waals surface area contributed by atoms with Crippen LogP contribution in [0.4, 0.5) is 5.69 Å². The fourth-order valence-corrected chi connectivity index (χ4v) is 1.48. The van der Waals surface area contributed by atoms with E-state index in [2.05, 4.69) is 4.99 Å². The van der Waals surface area contributed by atoms with Crippen LogP contribution >= 0.6 is 24.0 Å². The minimum absolute atomic E-state index is 0. The molecule has 1 rings (SSSR count). The zero-order valence-corrected chi connectivity index (χ0v) is 10.1. The van der Waals surface area contributed by atoms with Crippen molar-refractivity contribution in [2.75, 3.05) is 19.0 Å². The minimum atomic E-state index is 0. The predicted molar refractivity (Wildman–Crippen MR) is 66.3 cm³/mol. The number of aryl methyl sites for hydroxylation is 1. The molecule has 0 unspecified atom stereocenters. The van der Waals surface area contributed by atoms with Crippen LogP contribution in [0.2, 0.25) is 5.02 Å². The van der Waals surface area contributed by atoms with Gasteiger partial charge in [-0.2, -0.15) is 0 Å². The Bertz CT molecular complexity index is 324. The molecule has 0 amide bonds. The van der Waals surface area contributed by atoms with Gasteiger partial charge in [-0.25, -0.2) is 0 Å². The van der Waals surface area contributed by atoms with Crippen molar-refractivity contribution in [1.82, 2.24) is 0 Å². The Morgan fingerprint density at radius 2 is 2.07 bits per heavy atom. The van der Waals surface area contributed by atoms with E-state index in [1.54, 1.807) is 13.4 Å². The molecule has 0 fully saturated rings. The predicted octanol–water partition coefficient (Wildman–Crippen LogP) is 3.16. The first-order chi connectivity index (χ1) is 6.15. The van der Waals surface area contributed by atoms with Crippen molar-refractivity contribution in [2.24, 2.45) is 4.99 Å². The summed E-state index contributed by atoms with van der Waals surface area (Å²) in [5, 5.41) is 0.767. The molecular weight excluding hydrogens is 219 g/mol. The summed E-state index contributed by atoms with van der Waals surface area (Å²) in [6.07, 6.45) is 1.77. The molecule has 0 spiro atoms. The van der Waals surface area contributed by atoms with E-state index < -0.39 is 0 Å². The first-order valence-electron chi connectivity index (χ1n) is 4.06. The van der Waals surface area contributed by atoms with Crippen molar-refractivity contribution in [3.05, 3.63) is 28.8 Å². The molecule has 2 nitrogen and oxygen atoms in total. The van der Waals surface area contributed by atoms with Crippen molar-refractivity contribution in [3.63, 3.8) is 0 Å². The molecule has 0 aliphatic carbocycles. The lowest BCUT2D eigenvalue weighted by atomic mass is 10.2. The van der Waals surface area contributed by atoms with Gasteiger partial charge in [-0.15, -0.1) is 12.4 Å². The van der Waals surface area contributed by atoms with Gasteiger partial charge in [0.05, 0.1) is 6.34 Å². The van der Waals surface area contributed by atoms with Crippen LogP contribution in [0, 0.1) is 6.92 Å². The van der Waals surface area contributed by atoms with Crippen LogP contribution in [0.3, 0.4) is 0 Å². The molecule has 4 heteroatoms. The fourth-order valence-electron chi connectivity index (χ4n) is 1.25. The number of nitrogens with zero attached hydrogens (tertiary/aromatic N) is 2. The van der Waals surface area contributed by atoms with Crippen LogP contribution in [-0.2, 0) is 0 Å². The molecule has 0 aliphatic heterocycles. The molecule has 1 aromatic rings. The van der Waals surface area contributed by atoms with E-state index >= 15 is 0 Å². The molecule has 0 aliphatic rings. The highest BCUT2D eigenvalue weighted by atomic mass is 35.5. The van der Waals surface area contributed by atoms with E-state index in [-0.39, 0.29) is 12.4 Å². The summed E-state index contributed by atoms with van der Waals surface area (Å²) in [4.78, 5) is 5.91. The van der Waals surface area contributed by atoms with Crippen LogP contribution < -0.4 is 4.90 Å². The van der Waals surface area contributed by atoms with Gasteiger partial charge in [0, 0.05) is 24.8 Å². The number of hydrogen-bond donors (Lipinski definition) is 0. The summed E-state index contributed by atoms with van der Waals surface area (Å²) in [5.74, 6) is 0. The SMILES string of the molecule is CN=CN(C)c1ccc(Cl)cc1C.Cl. The number of halogens is 2. The lowest BCUT2D eigenvalue weighted by Gasteiger charge is -2.15. The van der Waals surface area contributed by atoms with Gasteiger partial charge in [0.15, 0.2) is 0 Å². The Morgan fingerprint density at radius 3 is 2.57 bits per heavy atom. The van der Waals surface area contributed by atoms with Gasteiger partial charge in [-0.1, -0.05) is 11.6 Å². The highest BCUT2D eigenvalue weighted by Gasteiger charge is 2.01. The molecule has 0 atom stereocenters. The molecule has 0 radical (unpaired) electrons. The summed E-state index contributed by atoms with van der Waals surface area (Å²) in [5.41, 5.74) is 2.27. The Kier molecular flexibility index (Phi) is 5.58. The van der Waals surface area contributed by atoms with Gasteiger partial charge in [0.1, 0.15) is 0 Å². The van der Waals surface area contributed by atoms with Gasteiger partial charge in [0.25, 0.3) is 0 Å². The maximum Gasteiger partial charge on any atom is 0.0888 e. The molecule has 0 heterocycles. The van der Waals surface area contributed by atoms with E-state index in [4.69, 9.17) is 11.6 Å². The molecule has 0 bridgehead atoms. The molecule has 0 saturated heterocycles. The molecule has 1 aromatic carbocycles. The highest BCUT2D eigenvalue weighted by Crippen LogP contribution is 2.21. The van der Waals surface area contributed by atoms with Crippen LogP contribution in [-0.4, -0.2) is 20.4 Å². The second kappa shape index (κ2) is 5.89. The number of aliphatic imine (C=N–C) groups is 1. The quantitative estimate of drug-likeness (QED) is 0.565. The second-order valence-electron chi connectivity index (χ2n) is 2.92. The van der Waals surface area contributed by atoms with Gasteiger partial charge < -0.3 is 4.90 Å². The third kappa shape index (κ3) is 3.20. The Balaban J connectivity index is 0.00000169. The highest BCUT2D eigenvalue weighted by molar-refractivity contribution is 6.30. The largest absolute Gasteiger partial charge is 0.336 e. The van der Waals surface area contributed by atoms with Gasteiger partial charge >= 0.3 is 0 Å². The lowest BCUT2D eigenvalue weighted by molar-refractivity contribution is 1.24. The molecule has 78 valence electrons. The van der Waals surface area contributed by atoms with Crippen molar-refractivity contribution >= 4 is 36.0 Å². The Hall–Kier alpha value is -0.730. The third-order valence-electron chi connectivity index (χ3n) is 1.83. The fraction of sp³-hybridized carbons (Fsp3) is 0.300. The summed E-state index contributed by atoms with van der Waals surface area (Å²) in [6.45, 7) is 2.03. The van der Waals surface area contributed by atoms with Crippen molar-refractivity contribution in [3.8, 4) is 0 Å². The van der Waals surface area contributed by atoms with Crippen LogP contribution in [0.5, 0.6) is 0 Å².